The van der Waals surface area contributed by atoms with E-state index in [2.05, 4.69) is 20.9 Å². The number of nitrogens with zero attached hydrogens (tertiary/aromatic N) is 2. The second-order valence-corrected chi connectivity index (χ2v) is 5.90. The van der Waals surface area contributed by atoms with Gasteiger partial charge in [0, 0.05) is 17.6 Å². The summed E-state index contributed by atoms with van der Waals surface area (Å²) < 4.78 is 1.01. The molecule has 0 aliphatic carbocycles. The fraction of sp³-hybridized carbons (Fsp3) is 0.286. The van der Waals surface area contributed by atoms with E-state index in [-0.39, 0.29) is 5.91 Å². The Morgan fingerprint density at radius 3 is 2.84 bits per heavy atom. The molecule has 0 spiro atoms. The maximum absolute atomic E-state index is 12.3. The molecule has 3 nitrogen and oxygen atoms in total. The summed E-state index contributed by atoms with van der Waals surface area (Å²) in [6, 6.07) is 7.90. The highest BCUT2D eigenvalue weighted by Gasteiger charge is 2.31. The van der Waals surface area contributed by atoms with Crippen molar-refractivity contribution in [3.05, 3.63) is 39.2 Å². The first-order valence-corrected chi connectivity index (χ1v) is 7.78. The van der Waals surface area contributed by atoms with Crippen LogP contribution in [0.1, 0.15) is 19.4 Å². The lowest BCUT2D eigenvalue weighted by molar-refractivity contribution is -0.122. The minimum absolute atomic E-state index is 0.0414. The number of aliphatic imine (C=N–C) groups is 1. The van der Waals surface area contributed by atoms with Crippen LogP contribution < -0.4 is 0 Å². The van der Waals surface area contributed by atoms with E-state index in [1.165, 1.54) is 11.8 Å². The molecule has 1 amide bonds. The summed E-state index contributed by atoms with van der Waals surface area (Å²) in [5.74, 6) is 0.0414. The minimum atomic E-state index is 0.0414. The molecule has 0 saturated carbocycles. The summed E-state index contributed by atoms with van der Waals surface area (Å²) in [6.45, 7) is 5.28. The van der Waals surface area contributed by atoms with Gasteiger partial charge in [-0.15, -0.1) is 0 Å². The monoisotopic (exact) mass is 338 g/mol. The van der Waals surface area contributed by atoms with Gasteiger partial charge in [0.2, 0.25) is 0 Å². The van der Waals surface area contributed by atoms with Crippen molar-refractivity contribution in [2.45, 2.75) is 13.8 Å². The van der Waals surface area contributed by atoms with Crippen molar-refractivity contribution in [3.8, 4) is 0 Å². The minimum Gasteiger partial charge on any atom is -0.287 e. The number of thioether (sulfide) groups is 1. The first kappa shape index (κ1) is 14.3. The lowest BCUT2D eigenvalue weighted by Gasteiger charge is -2.11. The van der Waals surface area contributed by atoms with E-state index in [0.29, 0.717) is 13.1 Å². The second kappa shape index (κ2) is 6.39. The lowest BCUT2D eigenvalue weighted by Crippen LogP contribution is -2.28. The van der Waals surface area contributed by atoms with Crippen LogP contribution in [0.3, 0.4) is 0 Å². The summed E-state index contributed by atoms with van der Waals surface area (Å²) in [7, 11) is 0. The maximum atomic E-state index is 12.3. The number of rotatable bonds is 3. The lowest BCUT2D eigenvalue weighted by atomic mass is 10.2. The molecule has 2 rings (SSSR count). The molecule has 1 saturated heterocycles. The smallest absolute Gasteiger partial charge is 0.266 e. The highest BCUT2D eigenvalue weighted by molar-refractivity contribution is 9.10. The standard InChI is InChI=1S/C14H15BrN2OS/c1-3-16-14-17(4-2)13(18)12(19-14)9-10-6-5-7-11(15)8-10/h5-9H,3-4H2,1-2H3. The number of halogens is 1. The van der Waals surface area contributed by atoms with Crippen LogP contribution in [0.25, 0.3) is 6.08 Å². The Morgan fingerprint density at radius 1 is 1.42 bits per heavy atom. The van der Waals surface area contributed by atoms with Crippen molar-refractivity contribution in [3.63, 3.8) is 0 Å². The van der Waals surface area contributed by atoms with Crippen molar-refractivity contribution in [2.75, 3.05) is 13.1 Å². The molecule has 1 aliphatic heterocycles. The Hall–Kier alpha value is -1.07. The van der Waals surface area contributed by atoms with Crippen LogP contribution in [0.2, 0.25) is 0 Å². The third-order valence-electron chi connectivity index (χ3n) is 2.64. The van der Waals surface area contributed by atoms with E-state index in [1.54, 1.807) is 4.90 Å². The van der Waals surface area contributed by atoms with Gasteiger partial charge in [0.15, 0.2) is 5.17 Å². The first-order valence-electron chi connectivity index (χ1n) is 6.17. The predicted molar refractivity (Wildman–Crippen MR) is 85.1 cm³/mol. The first-order chi connectivity index (χ1) is 9.15. The number of amides is 1. The van der Waals surface area contributed by atoms with Crippen molar-refractivity contribution in [1.82, 2.24) is 4.90 Å². The van der Waals surface area contributed by atoms with E-state index in [4.69, 9.17) is 0 Å². The number of carbonyl (C=O) groups is 1. The van der Waals surface area contributed by atoms with Gasteiger partial charge in [-0.05, 0) is 49.4 Å². The van der Waals surface area contributed by atoms with Crippen LogP contribution in [0.15, 0.2) is 38.6 Å². The van der Waals surface area contributed by atoms with Crippen molar-refractivity contribution < 1.29 is 4.79 Å². The van der Waals surface area contributed by atoms with E-state index in [9.17, 15) is 4.79 Å². The molecule has 0 aromatic heterocycles. The number of hydrogen-bond acceptors (Lipinski definition) is 3. The van der Waals surface area contributed by atoms with E-state index in [0.717, 1.165) is 20.1 Å². The number of hydrogen-bond donors (Lipinski definition) is 0. The van der Waals surface area contributed by atoms with Crippen LogP contribution in [-0.4, -0.2) is 29.1 Å². The maximum Gasteiger partial charge on any atom is 0.266 e. The zero-order chi connectivity index (χ0) is 13.8. The predicted octanol–water partition coefficient (Wildman–Crippen LogP) is 3.76. The molecule has 1 aromatic rings. The fourth-order valence-electron chi connectivity index (χ4n) is 1.79. The Labute approximate surface area is 125 Å². The zero-order valence-electron chi connectivity index (χ0n) is 10.9. The summed E-state index contributed by atoms with van der Waals surface area (Å²) in [5.41, 5.74) is 1.01. The van der Waals surface area contributed by atoms with Gasteiger partial charge in [0.05, 0.1) is 4.91 Å². The Balaban J connectivity index is 2.31. The average Bonchev–Trinajstić information content (AvgIpc) is 2.66. The van der Waals surface area contributed by atoms with Crippen molar-refractivity contribution in [2.24, 2.45) is 4.99 Å². The Bertz CT molecular complexity index is 554. The molecule has 0 unspecified atom stereocenters. The number of benzene rings is 1. The third-order valence-corrected chi connectivity index (χ3v) is 4.18. The quantitative estimate of drug-likeness (QED) is 0.786. The van der Waals surface area contributed by atoms with Gasteiger partial charge < -0.3 is 0 Å². The topological polar surface area (TPSA) is 32.7 Å². The molecule has 5 heteroatoms. The van der Waals surface area contributed by atoms with Gasteiger partial charge in [-0.3, -0.25) is 14.7 Å². The molecular formula is C14H15BrN2OS. The summed E-state index contributed by atoms with van der Waals surface area (Å²) in [4.78, 5) is 19.1. The average molecular weight is 339 g/mol. The molecule has 1 heterocycles. The molecule has 0 atom stereocenters. The fourth-order valence-corrected chi connectivity index (χ4v) is 3.31. The van der Waals surface area contributed by atoms with Crippen LogP contribution in [0.4, 0.5) is 0 Å². The van der Waals surface area contributed by atoms with E-state index < -0.39 is 0 Å². The van der Waals surface area contributed by atoms with Crippen LogP contribution in [-0.2, 0) is 4.79 Å². The molecule has 1 aliphatic rings. The molecular weight excluding hydrogens is 324 g/mol. The molecule has 1 fully saturated rings. The summed E-state index contributed by atoms with van der Waals surface area (Å²) >= 11 is 4.88. The normalized spacial score (nSPS) is 19.7. The number of likely N-dealkylation sites (N-methyl/N-ethyl adjacent to an activating group) is 1. The van der Waals surface area contributed by atoms with Gasteiger partial charge in [-0.25, -0.2) is 0 Å². The summed E-state index contributed by atoms with van der Waals surface area (Å²) in [6.07, 6.45) is 1.92. The van der Waals surface area contributed by atoms with Crippen molar-refractivity contribution in [1.29, 1.82) is 0 Å². The van der Waals surface area contributed by atoms with Gasteiger partial charge in [-0.2, -0.15) is 0 Å². The molecule has 0 N–H and O–H groups in total. The second-order valence-electron chi connectivity index (χ2n) is 3.97. The van der Waals surface area contributed by atoms with Crippen LogP contribution >= 0.6 is 27.7 Å². The van der Waals surface area contributed by atoms with E-state index >= 15 is 0 Å². The third kappa shape index (κ3) is 3.28. The molecule has 100 valence electrons. The summed E-state index contributed by atoms with van der Waals surface area (Å²) in [5, 5.41) is 0.802. The van der Waals surface area contributed by atoms with Crippen molar-refractivity contribution >= 4 is 44.8 Å². The zero-order valence-corrected chi connectivity index (χ0v) is 13.3. The van der Waals surface area contributed by atoms with Gasteiger partial charge >= 0.3 is 0 Å². The molecule has 0 radical (unpaired) electrons. The number of carbonyl (C=O) groups excluding carboxylic acids is 1. The SMILES string of the molecule is CCN=C1SC(=Cc2cccc(Br)c2)C(=O)N1CC. The molecule has 1 aromatic carbocycles. The van der Waals surface area contributed by atoms with E-state index in [1.807, 2.05) is 44.2 Å². The van der Waals surface area contributed by atoms with Gasteiger partial charge in [0.25, 0.3) is 5.91 Å². The van der Waals surface area contributed by atoms with Gasteiger partial charge in [0.1, 0.15) is 0 Å². The molecule has 0 bridgehead atoms. The number of amidine groups is 1. The molecule has 19 heavy (non-hydrogen) atoms. The Morgan fingerprint density at radius 2 is 2.21 bits per heavy atom. The van der Waals surface area contributed by atoms with Crippen LogP contribution in [0.5, 0.6) is 0 Å². The highest BCUT2D eigenvalue weighted by atomic mass is 79.9. The van der Waals surface area contributed by atoms with Crippen LogP contribution in [0, 0.1) is 0 Å². The Kier molecular flexibility index (Phi) is 4.82. The highest BCUT2D eigenvalue weighted by Crippen LogP contribution is 2.32. The largest absolute Gasteiger partial charge is 0.287 e. The van der Waals surface area contributed by atoms with Gasteiger partial charge in [-0.1, -0.05) is 28.1 Å².